The number of nitrogens with one attached hydrogen (secondary N) is 2. The number of hydrogen-bond donors (Lipinski definition) is 2. The molecule has 0 aromatic carbocycles. The molecule has 1 unspecified atom stereocenters. The molecular weight excluding hydrogens is 342 g/mol. The van der Waals surface area contributed by atoms with Crippen LogP contribution < -0.4 is 10.6 Å². The van der Waals surface area contributed by atoms with Crippen LogP contribution in [0.25, 0.3) is 0 Å². The van der Waals surface area contributed by atoms with Crippen LogP contribution in [0.1, 0.15) is 65.7 Å². The van der Waals surface area contributed by atoms with E-state index < -0.39 is 11.7 Å². The summed E-state index contributed by atoms with van der Waals surface area (Å²) in [5.74, 6) is 3.20. The van der Waals surface area contributed by atoms with Gasteiger partial charge in [-0.15, -0.1) is 0 Å². The molecule has 27 heavy (non-hydrogen) atoms. The van der Waals surface area contributed by atoms with Crippen LogP contribution in [-0.4, -0.2) is 47.8 Å². The first-order valence-corrected chi connectivity index (χ1v) is 10.8. The second-order valence-electron chi connectivity index (χ2n) is 10.3. The largest absolute Gasteiger partial charge is 0.444 e. The molecule has 4 saturated carbocycles. The van der Waals surface area contributed by atoms with E-state index in [2.05, 4.69) is 10.6 Å². The van der Waals surface area contributed by atoms with E-state index in [4.69, 9.17) is 4.74 Å². The summed E-state index contributed by atoms with van der Waals surface area (Å²) < 4.78 is 5.35. The van der Waals surface area contributed by atoms with Gasteiger partial charge in [0.1, 0.15) is 5.60 Å². The maximum Gasteiger partial charge on any atom is 0.407 e. The third-order valence-corrected chi connectivity index (χ3v) is 6.95. The number of carbonyl (C=O) groups excluding carboxylic acids is 2. The summed E-state index contributed by atoms with van der Waals surface area (Å²) in [6, 6.07) is 0.394. The highest BCUT2D eigenvalue weighted by Gasteiger charge is 2.49. The predicted molar refractivity (Wildman–Crippen MR) is 103 cm³/mol. The molecule has 6 nitrogen and oxygen atoms in total. The summed E-state index contributed by atoms with van der Waals surface area (Å²) >= 11 is 0. The number of ether oxygens (including phenoxy) is 1. The Balaban J connectivity index is 1.29. The monoisotopic (exact) mass is 377 g/mol. The van der Waals surface area contributed by atoms with Crippen molar-refractivity contribution in [3.8, 4) is 0 Å². The van der Waals surface area contributed by atoms with Gasteiger partial charge in [-0.3, -0.25) is 0 Å². The van der Waals surface area contributed by atoms with E-state index in [9.17, 15) is 9.59 Å². The Hall–Kier alpha value is -1.46. The fourth-order valence-corrected chi connectivity index (χ4v) is 6.15. The minimum atomic E-state index is -0.505. The van der Waals surface area contributed by atoms with Gasteiger partial charge in [-0.1, -0.05) is 0 Å². The Kier molecular flexibility index (Phi) is 5.02. The van der Waals surface area contributed by atoms with E-state index in [1.54, 1.807) is 0 Å². The topological polar surface area (TPSA) is 70.7 Å². The molecule has 0 aromatic rings. The summed E-state index contributed by atoms with van der Waals surface area (Å²) in [6.45, 7) is 6.92. The van der Waals surface area contributed by atoms with E-state index in [0.29, 0.717) is 24.4 Å². The smallest absolute Gasteiger partial charge is 0.407 e. The van der Waals surface area contributed by atoms with Gasteiger partial charge in [-0.05, 0) is 89.4 Å². The lowest BCUT2D eigenvalue weighted by Crippen LogP contribution is -2.60. The molecule has 0 radical (unpaired) electrons. The van der Waals surface area contributed by atoms with Crippen molar-refractivity contribution in [3.05, 3.63) is 0 Å². The summed E-state index contributed by atoms with van der Waals surface area (Å²) in [6.07, 6.45) is 8.06. The second kappa shape index (κ2) is 7.17. The first kappa shape index (κ1) is 18.9. The van der Waals surface area contributed by atoms with Crippen molar-refractivity contribution in [2.75, 3.05) is 13.1 Å². The Morgan fingerprint density at radius 1 is 0.963 bits per heavy atom. The molecule has 4 bridgehead atoms. The molecule has 5 fully saturated rings. The van der Waals surface area contributed by atoms with Gasteiger partial charge in [-0.25, -0.2) is 9.59 Å². The third kappa shape index (κ3) is 4.35. The van der Waals surface area contributed by atoms with Gasteiger partial charge in [0.25, 0.3) is 0 Å². The molecule has 5 rings (SSSR count). The van der Waals surface area contributed by atoms with E-state index in [1.165, 1.54) is 32.1 Å². The summed E-state index contributed by atoms with van der Waals surface area (Å²) in [7, 11) is 0. The van der Waals surface area contributed by atoms with Gasteiger partial charge in [0.05, 0.1) is 0 Å². The number of rotatable bonds is 2. The number of carbonyl (C=O) groups is 2. The molecule has 1 heterocycles. The highest BCUT2D eigenvalue weighted by molar-refractivity contribution is 5.75. The maximum atomic E-state index is 12.9. The van der Waals surface area contributed by atoms with Gasteiger partial charge in [0, 0.05) is 25.2 Å². The van der Waals surface area contributed by atoms with Gasteiger partial charge < -0.3 is 20.3 Å². The van der Waals surface area contributed by atoms with Crippen molar-refractivity contribution in [2.24, 2.45) is 23.7 Å². The summed E-state index contributed by atoms with van der Waals surface area (Å²) in [5.41, 5.74) is -0.505. The van der Waals surface area contributed by atoms with Crippen molar-refractivity contribution in [2.45, 2.75) is 83.4 Å². The van der Waals surface area contributed by atoms with Crippen LogP contribution >= 0.6 is 0 Å². The van der Waals surface area contributed by atoms with Crippen molar-refractivity contribution in [3.63, 3.8) is 0 Å². The van der Waals surface area contributed by atoms with E-state index in [-0.39, 0.29) is 12.1 Å². The van der Waals surface area contributed by atoms with E-state index >= 15 is 0 Å². The van der Waals surface area contributed by atoms with Crippen LogP contribution in [0.3, 0.4) is 0 Å². The van der Waals surface area contributed by atoms with Crippen LogP contribution in [0.5, 0.6) is 0 Å². The quantitative estimate of drug-likeness (QED) is 0.774. The lowest BCUT2D eigenvalue weighted by molar-refractivity contribution is -0.0114. The first-order chi connectivity index (χ1) is 12.8. The number of nitrogens with zero attached hydrogens (tertiary/aromatic N) is 1. The lowest BCUT2D eigenvalue weighted by atomic mass is 9.54. The Bertz CT molecular complexity index is 558. The Labute approximate surface area is 162 Å². The summed E-state index contributed by atoms with van der Waals surface area (Å²) in [4.78, 5) is 26.8. The normalized spacial score (nSPS) is 37.8. The predicted octanol–water partition coefficient (Wildman–Crippen LogP) is 3.51. The summed E-state index contributed by atoms with van der Waals surface area (Å²) in [5, 5.41) is 6.32. The number of piperidine rings is 1. The fourth-order valence-electron chi connectivity index (χ4n) is 6.15. The zero-order chi connectivity index (χ0) is 19.2. The van der Waals surface area contributed by atoms with Crippen LogP contribution in [0.4, 0.5) is 9.59 Å². The SMILES string of the molecule is CC(C)(C)OC(=O)NC1CCCN(C(=O)NC2C3CC4CC(C3)CC2C4)C1. The second-order valence-corrected chi connectivity index (χ2v) is 10.3. The minimum absolute atomic E-state index is 0.0298. The fraction of sp³-hybridized carbons (Fsp3) is 0.905. The molecule has 3 amide bonds. The first-order valence-electron chi connectivity index (χ1n) is 10.8. The molecule has 2 N–H and O–H groups in total. The van der Waals surface area contributed by atoms with Crippen LogP contribution in [-0.2, 0) is 4.74 Å². The third-order valence-electron chi connectivity index (χ3n) is 6.95. The number of likely N-dealkylation sites (tertiary alicyclic amines) is 1. The van der Waals surface area contributed by atoms with Gasteiger partial charge in [0.2, 0.25) is 0 Å². The molecule has 152 valence electrons. The number of amides is 3. The van der Waals surface area contributed by atoms with Crippen LogP contribution in [0.15, 0.2) is 0 Å². The van der Waals surface area contributed by atoms with Gasteiger partial charge >= 0.3 is 12.1 Å². The van der Waals surface area contributed by atoms with E-state index in [0.717, 1.165) is 31.2 Å². The molecule has 4 aliphatic carbocycles. The number of hydrogen-bond acceptors (Lipinski definition) is 3. The molecule has 1 saturated heterocycles. The zero-order valence-electron chi connectivity index (χ0n) is 17.0. The molecule has 5 aliphatic rings. The maximum absolute atomic E-state index is 12.9. The molecule has 0 aromatic heterocycles. The zero-order valence-corrected chi connectivity index (χ0v) is 17.0. The average molecular weight is 378 g/mol. The Morgan fingerprint density at radius 3 is 2.19 bits per heavy atom. The van der Waals surface area contributed by atoms with Crippen molar-refractivity contribution in [1.82, 2.24) is 15.5 Å². The highest BCUT2D eigenvalue weighted by atomic mass is 16.6. The van der Waals surface area contributed by atoms with Gasteiger partial charge in [-0.2, -0.15) is 0 Å². The van der Waals surface area contributed by atoms with Crippen molar-refractivity contribution < 1.29 is 14.3 Å². The number of alkyl carbamates (subject to hydrolysis) is 1. The highest BCUT2D eigenvalue weighted by Crippen LogP contribution is 2.53. The lowest BCUT2D eigenvalue weighted by Gasteiger charge is -2.54. The standard InChI is InChI=1S/C21H35N3O3/c1-21(2,3)27-20(26)22-17-5-4-6-24(12-17)19(25)23-18-15-8-13-7-14(10-15)11-16(18)9-13/h13-18H,4-12H2,1-3H3,(H,22,26)(H,23,25). The van der Waals surface area contributed by atoms with Crippen LogP contribution in [0.2, 0.25) is 0 Å². The molecule has 0 spiro atoms. The molecule has 1 aliphatic heterocycles. The average Bonchev–Trinajstić information content (AvgIpc) is 2.55. The van der Waals surface area contributed by atoms with Gasteiger partial charge in [0.15, 0.2) is 0 Å². The molecule has 1 atom stereocenters. The van der Waals surface area contributed by atoms with E-state index in [1.807, 2.05) is 25.7 Å². The van der Waals surface area contributed by atoms with Crippen molar-refractivity contribution in [1.29, 1.82) is 0 Å². The van der Waals surface area contributed by atoms with Crippen molar-refractivity contribution >= 4 is 12.1 Å². The Morgan fingerprint density at radius 2 is 1.59 bits per heavy atom. The van der Waals surface area contributed by atoms with Crippen LogP contribution in [0, 0.1) is 23.7 Å². The molecule has 6 heteroatoms. The molecular formula is C21H35N3O3. The number of urea groups is 1. The minimum Gasteiger partial charge on any atom is -0.444 e.